The third-order valence-electron chi connectivity index (χ3n) is 4.43. The van der Waals surface area contributed by atoms with Gasteiger partial charge in [0.1, 0.15) is 5.78 Å². The molecule has 0 aliphatic carbocycles. The van der Waals surface area contributed by atoms with Crippen LogP contribution in [0.15, 0.2) is 36.4 Å². The lowest BCUT2D eigenvalue weighted by Crippen LogP contribution is -2.23. The average molecular weight is 375 g/mol. The largest absolute Gasteiger partial charge is 0.390 e. The molecule has 0 aromatic heterocycles. The van der Waals surface area contributed by atoms with Gasteiger partial charge in [0.2, 0.25) is 0 Å². The van der Waals surface area contributed by atoms with Crippen LogP contribution in [0.4, 0.5) is 0 Å². The molecule has 0 bridgehead atoms. The Bertz CT molecular complexity index is 606. The van der Waals surface area contributed by atoms with Crippen LogP contribution in [0.25, 0.3) is 12.2 Å². The topological polar surface area (TPSA) is 77.8 Å². The minimum absolute atomic E-state index is 0.0904. The van der Waals surface area contributed by atoms with Crippen LogP contribution < -0.4 is 0 Å². The highest BCUT2D eigenvalue weighted by molar-refractivity contribution is 5.75. The van der Waals surface area contributed by atoms with Crippen molar-refractivity contribution >= 4 is 17.9 Å². The number of benzene rings is 1. The second-order valence-corrected chi connectivity index (χ2v) is 7.10. The number of aliphatic hydroxyl groups excluding tert-OH is 3. The van der Waals surface area contributed by atoms with Crippen molar-refractivity contribution in [2.45, 2.75) is 77.1 Å². The molecule has 0 unspecified atom stereocenters. The Morgan fingerprint density at radius 3 is 2.30 bits per heavy atom. The molecular weight excluding hydrogens is 340 g/mol. The Kier molecular flexibility index (Phi) is 11.6. The molecule has 1 aromatic rings. The summed E-state index contributed by atoms with van der Waals surface area (Å²) in [5, 5.41) is 29.9. The molecule has 0 saturated carbocycles. The third kappa shape index (κ3) is 10.9. The van der Waals surface area contributed by atoms with E-state index in [9.17, 15) is 20.1 Å². The summed E-state index contributed by atoms with van der Waals surface area (Å²) in [7, 11) is 0. The van der Waals surface area contributed by atoms with Gasteiger partial charge in [-0.25, -0.2) is 0 Å². The van der Waals surface area contributed by atoms with E-state index < -0.39 is 18.3 Å². The van der Waals surface area contributed by atoms with Gasteiger partial charge in [-0.1, -0.05) is 68.7 Å². The fourth-order valence-electron chi connectivity index (χ4n) is 2.76. The molecule has 0 aliphatic rings. The fourth-order valence-corrected chi connectivity index (χ4v) is 2.76. The lowest BCUT2D eigenvalue weighted by molar-refractivity contribution is -0.117. The molecule has 4 nitrogen and oxygen atoms in total. The van der Waals surface area contributed by atoms with Crippen LogP contribution >= 0.6 is 0 Å². The molecule has 0 heterocycles. The number of Topliss-reactive ketones (excluding diaryl/α,β-unsaturated/α-hetero) is 1. The van der Waals surface area contributed by atoms with E-state index in [4.69, 9.17) is 0 Å². The first-order chi connectivity index (χ1) is 12.9. The monoisotopic (exact) mass is 374 g/mol. The maximum absolute atomic E-state index is 10.9. The number of unbranched alkanes of at least 4 members (excludes halogenated alkanes) is 2. The number of hydrogen-bond acceptors (Lipinski definition) is 4. The van der Waals surface area contributed by atoms with Gasteiger partial charge < -0.3 is 20.1 Å². The quantitative estimate of drug-likeness (QED) is 0.454. The third-order valence-corrected chi connectivity index (χ3v) is 4.43. The number of carbonyl (C=O) groups is 1. The van der Waals surface area contributed by atoms with E-state index in [1.54, 1.807) is 12.2 Å². The highest BCUT2D eigenvalue weighted by Gasteiger charge is 2.13. The predicted molar refractivity (Wildman–Crippen MR) is 111 cm³/mol. The molecule has 3 atom stereocenters. The van der Waals surface area contributed by atoms with Crippen LogP contribution in [0.5, 0.6) is 0 Å². The van der Waals surface area contributed by atoms with Crippen LogP contribution in [0.3, 0.4) is 0 Å². The van der Waals surface area contributed by atoms with Crippen molar-refractivity contribution in [3.63, 3.8) is 0 Å². The van der Waals surface area contributed by atoms with Crippen LogP contribution in [0.2, 0.25) is 0 Å². The average Bonchev–Trinajstić information content (AvgIpc) is 2.64. The summed E-state index contributed by atoms with van der Waals surface area (Å²) < 4.78 is 0. The van der Waals surface area contributed by atoms with E-state index >= 15 is 0 Å². The Labute approximate surface area is 163 Å². The predicted octanol–water partition coefficient (Wildman–Crippen LogP) is 4.14. The SMILES string of the molecule is CCCCC[C@@H](O)/C=C/c1cccc(/C=C/[C@@H](O)[C@@H](O)CCCC(C)=O)c1. The van der Waals surface area contributed by atoms with Gasteiger partial charge in [0.25, 0.3) is 0 Å². The zero-order valence-corrected chi connectivity index (χ0v) is 16.6. The number of aliphatic hydroxyl groups is 3. The summed E-state index contributed by atoms with van der Waals surface area (Å²) in [6.07, 6.45) is 10.3. The maximum Gasteiger partial charge on any atom is 0.129 e. The van der Waals surface area contributed by atoms with E-state index in [1.807, 2.05) is 36.4 Å². The van der Waals surface area contributed by atoms with Crippen molar-refractivity contribution in [1.82, 2.24) is 0 Å². The van der Waals surface area contributed by atoms with Crippen LogP contribution in [-0.4, -0.2) is 39.4 Å². The Balaban J connectivity index is 2.54. The maximum atomic E-state index is 10.9. The highest BCUT2D eigenvalue weighted by atomic mass is 16.3. The lowest BCUT2D eigenvalue weighted by Gasteiger charge is -2.13. The number of hydrogen-bond donors (Lipinski definition) is 3. The molecule has 0 fully saturated rings. The number of carbonyl (C=O) groups excluding carboxylic acids is 1. The molecular formula is C23H34O4. The summed E-state index contributed by atoms with van der Waals surface area (Å²) in [5.41, 5.74) is 1.88. The zero-order chi connectivity index (χ0) is 20.1. The lowest BCUT2D eigenvalue weighted by atomic mass is 10.0. The fraction of sp³-hybridized carbons (Fsp3) is 0.522. The molecule has 0 radical (unpaired) electrons. The summed E-state index contributed by atoms with van der Waals surface area (Å²) in [4.78, 5) is 10.9. The van der Waals surface area contributed by atoms with E-state index in [1.165, 1.54) is 6.92 Å². The number of ketones is 1. The molecule has 0 amide bonds. The molecule has 1 aromatic carbocycles. The number of rotatable bonds is 13. The van der Waals surface area contributed by atoms with Gasteiger partial charge in [0.15, 0.2) is 0 Å². The molecule has 3 N–H and O–H groups in total. The van der Waals surface area contributed by atoms with Crippen LogP contribution in [0.1, 0.15) is 69.9 Å². The Hall–Kier alpha value is -1.75. The summed E-state index contributed by atoms with van der Waals surface area (Å²) in [6, 6.07) is 7.75. The van der Waals surface area contributed by atoms with E-state index in [-0.39, 0.29) is 5.78 Å². The first-order valence-corrected chi connectivity index (χ1v) is 9.92. The summed E-state index contributed by atoms with van der Waals surface area (Å²) in [5.74, 6) is 0.0904. The molecule has 27 heavy (non-hydrogen) atoms. The van der Waals surface area contributed by atoms with Gasteiger partial charge in [-0.05, 0) is 43.4 Å². The van der Waals surface area contributed by atoms with Crippen LogP contribution in [-0.2, 0) is 4.79 Å². The minimum atomic E-state index is -0.962. The summed E-state index contributed by atoms with van der Waals surface area (Å²) >= 11 is 0. The molecule has 150 valence electrons. The van der Waals surface area contributed by atoms with Crippen molar-refractivity contribution in [2.24, 2.45) is 0 Å². The standard InChI is InChI=1S/C23H34O4/c1-3-4-5-11-21(25)15-13-19-9-7-10-20(17-19)14-16-23(27)22(26)12-6-8-18(2)24/h7,9-10,13-17,21-23,25-27H,3-6,8,11-12H2,1-2H3/b15-13+,16-14+/t21-,22+,23-/m1/s1. The van der Waals surface area contributed by atoms with Crippen LogP contribution in [0, 0.1) is 0 Å². The van der Waals surface area contributed by atoms with Gasteiger partial charge in [-0.2, -0.15) is 0 Å². The smallest absolute Gasteiger partial charge is 0.129 e. The second kappa shape index (κ2) is 13.4. The second-order valence-electron chi connectivity index (χ2n) is 7.10. The molecule has 0 saturated heterocycles. The van der Waals surface area contributed by atoms with Crippen molar-refractivity contribution in [1.29, 1.82) is 0 Å². The first-order valence-electron chi connectivity index (χ1n) is 9.92. The Morgan fingerprint density at radius 1 is 1.00 bits per heavy atom. The molecule has 0 spiro atoms. The van der Waals surface area contributed by atoms with Gasteiger partial charge in [-0.3, -0.25) is 0 Å². The zero-order valence-electron chi connectivity index (χ0n) is 16.6. The van der Waals surface area contributed by atoms with Crippen molar-refractivity contribution < 1.29 is 20.1 Å². The molecule has 4 heteroatoms. The first kappa shape index (κ1) is 23.3. The van der Waals surface area contributed by atoms with Gasteiger partial charge in [0.05, 0.1) is 18.3 Å². The van der Waals surface area contributed by atoms with Gasteiger partial charge in [-0.15, -0.1) is 0 Å². The van der Waals surface area contributed by atoms with Crippen molar-refractivity contribution in [3.8, 4) is 0 Å². The highest BCUT2D eigenvalue weighted by Crippen LogP contribution is 2.13. The van der Waals surface area contributed by atoms with E-state index in [0.717, 1.165) is 36.8 Å². The minimum Gasteiger partial charge on any atom is -0.390 e. The molecule has 1 rings (SSSR count). The van der Waals surface area contributed by atoms with Gasteiger partial charge in [0, 0.05) is 6.42 Å². The van der Waals surface area contributed by atoms with Crippen molar-refractivity contribution in [2.75, 3.05) is 0 Å². The Morgan fingerprint density at radius 2 is 1.67 bits per heavy atom. The summed E-state index contributed by atoms with van der Waals surface area (Å²) in [6.45, 7) is 3.66. The van der Waals surface area contributed by atoms with E-state index in [2.05, 4.69) is 6.92 Å². The van der Waals surface area contributed by atoms with E-state index in [0.29, 0.717) is 19.3 Å². The normalized spacial score (nSPS) is 15.3. The van der Waals surface area contributed by atoms with Gasteiger partial charge >= 0.3 is 0 Å². The molecule has 0 aliphatic heterocycles. The van der Waals surface area contributed by atoms with Crippen molar-refractivity contribution in [3.05, 3.63) is 47.5 Å².